The summed E-state index contributed by atoms with van der Waals surface area (Å²) in [4.78, 5) is 20.5. The molecule has 1 aliphatic heterocycles. The highest BCUT2D eigenvalue weighted by Gasteiger charge is 2.29. The first kappa shape index (κ1) is 21.8. The lowest BCUT2D eigenvalue weighted by Crippen LogP contribution is -2.41. The van der Waals surface area contributed by atoms with Gasteiger partial charge in [0.25, 0.3) is 0 Å². The number of hydrogen-bond donors (Lipinski definition) is 1. The predicted octanol–water partition coefficient (Wildman–Crippen LogP) is 2.51. The first-order valence-electron chi connectivity index (χ1n) is 10.1. The Bertz CT molecular complexity index is 783. The summed E-state index contributed by atoms with van der Waals surface area (Å²) in [5, 5.41) is 8.42. The molecular weight excluding hydrogens is 398 g/mol. The normalized spacial score (nSPS) is 23.9. The summed E-state index contributed by atoms with van der Waals surface area (Å²) in [6.07, 6.45) is 6.93. The fourth-order valence-corrected chi connectivity index (χ4v) is 4.55. The minimum atomic E-state index is -3.44. The molecule has 2 aliphatic rings. The third-order valence-electron chi connectivity index (χ3n) is 5.52. The maximum Gasteiger partial charge on any atom is 0.407 e. The summed E-state index contributed by atoms with van der Waals surface area (Å²) < 4.78 is 36.2. The minimum absolute atomic E-state index is 0.00515. The van der Waals surface area contributed by atoms with Gasteiger partial charge in [-0.2, -0.15) is 0 Å². The Labute approximate surface area is 171 Å². The average Bonchev–Trinajstić information content (AvgIpc) is 2.70. The molecule has 1 aromatic heterocycles. The Morgan fingerprint density at radius 2 is 1.62 bits per heavy atom. The molecule has 0 bridgehead atoms. The van der Waals surface area contributed by atoms with Gasteiger partial charge < -0.3 is 19.5 Å². The third kappa shape index (κ3) is 5.57. The summed E-state index contributed by atoms with van der Waals surface area (Å²) in [6, 6.07) is 0. The Kier molecular flexibility index (Phi) is 6.94. The molecule has 1 N–H and O–H groups in total. The van der Waals surface area contributed by atoms with Crippen molar-refractivity contribution in [1.29, 1.82) is 0 Å². The number of piperidine rings is 1. The first-order chi connectivity index (χ1) is 13.8. The van der Waals surface area contributed by atoms with Crippen molar-refractivity contribution in [3.8, 4) is 5.88 Å². The molecule has 1 aliphatic carbocycles. The zero-order valence-electron chi connectivity index (χ0n) is 16.9. The Morgan fingerprint density at radius 3 is 2.14 bits per heavy atom. The van der Waals surface area contributed by atoms with Crippen molar-refractivity contribution < 1.29 is 27.8 Å². The van der Waals surface area contributed by atoms with Gasteiger partial charge in [-0.25, -0.2) is 23.2 Å². The number of nitrogens with zero attached hydrogens (tertiary/aromatic N) is 3. The van der Waals surface area contributed by atoms with E-state index in [2.05, 4.69) is 9.97 Å². The lowest BCUT2D eigenvalue weighted by molar-refractivity contribution is -0.0644. The molecule has 162 valence electrons. The lowest BCUT2D eigenvalue weighted by Gasteiger charge is -2.35. The number of rotatable bonds is 6. The van der Waals surface area contributed by atoms with Crippen LogP contribution in [0.1, 0.15) is 52.4 Å². The second kappa shape index (κ2) is 9.25. The molecule has 2 fully saturated rings. The number of amides is 1. The number of sulfone groups is 1. The van der Waals surface area contributed by atoms with Crippen molar-refractivity contribution in [1.82, 2.24) is 14.9 Å². The second-order valence-corrected chi connectivity index (χ2v) is 10.4. The van der Waals surface area contributed by atoms with E-state index in [4.69, 9.17) is 14.6 Å². The molecule has 1 amide bonds. The van der Waals surface area contributed by atoms with Crippen LogP contribution in [0.25, 0.3) is 0 Å². The van der Waals surface area contributed by atoms with E-state index in [0.29, 0.717) is 19.0 Å². The number of aromatic nitrogens is 2. The van der Waals surface area contributed by atoms with Crippen LogP contribution in [-0.2, 0) is 14.6 Å². The third-order valence-corrected chi connectivity index (χ3v) is 7.56. The van der Waals surface area contributed by atoms with Crippen LogP contribution in [-0.4, -0.2) is 71.1 Å². The van der Waals surface area contributed by atoms with Crippen molar-refractivity contribution in [2.75, 3.05) is 13.1 Å². The molecule has 0 unspecified atom stereocenters. The summed E-state index contributed by atoms with van der Waals surface area (Å²) in [5.41, 5.74) is 0. The average molecular weight is 428 g/mol. The van der Waals surface area contributed by atoms with E-state index in [0.717, 1.165) is 38.5 Å². The first-order valence-corrected chi connectivity index (χ1v) is 11.7. The van der Waals surface area contributed by atoms with Crippen molar-refractivity contribution in [3.05, 3.63) is 12.4 Å². The maximum atomic E-state index is 12.1. The fraction of sp³-hybridized carbons (Fsp3) is 0.737. The van der Waals surface area contributed by atoms with Crippen LogP contribution in [0.5, 0.6) is 5.88 Å². The fourth-order valence-electron chi connectivity index (χ4n) is 3.67. The van der Waals surface area contributed by atoms with Crippen LogP contribution in [0.15, 0.2) is 17.4 Å². The van der Waals surface area contributed by atoms with E-state index in [9.17, 15) is 13.2 Å². The molecule has 0 aromatic carbocycles. The standard InChI is InChI=1S/C19H29N3O6S/c1-13(2)29(25,26)18-12-20-17(11-21-18)28-15-5-3-14(4-6-15)27-16-7-9-22(10-8-16)19(23)24/h11-16H,3-10H2,1-2H3,(H,23,24). The molecule has 1 saturated heterocycles. The van der Waals surface area contributed by atoms with Crippen LogP contribution >= 0.6 is 0 Å². The molecule has 9 nitrogen and oxygen atoms in total. The molecule has 1 aromatic rings. The molecular formula is C19H29N3O6S. The summed E-state index contributed by atoms with van der Waals surface area (Å²) in [5.74, 6) is 0.332. The summed E-state index contributed by atoms with van der Waals surface area (Å²) >= 11 is 0. The van der Waals surface area contributed by atoms with Gasteiger partial charge in [0.05, 0.1) is 29.9 Å². The number of likely N-dealkylation sites (tertiary alicyclic amines) is 1. The molecule has 1 saturated carbocycles. The summed E-state index contributed by atoms with van der Waals surface area (Å²) in [7, 11) is -3.44. The Hall–Kier alpha value is -1.94. The highest BCUT2D eigenvalue weighted by atomic mass is 32.2. The molecule has 0 spiro atoms. The van der Waals surface area contributed by atoms with E-state index in [1.54, 1.807) is 13.8 Å². The van der Waals surface area contributed by atoms with Gasteiger partial charge in [-0.05, 0) is 52.4 Å². The molecule has 10 heteroatoms. The van der Waals surface area contributed by atoms with Crippen molar-refractivity contribution >= 4 is 15.9 Å². The van der Waals surface area contributed by atoms with Gasteiger partial charge in [0, 0.05) is 13.1 Å². The van der Waals surface area contributed by atoms with Crippen molar-refractivity contribution in [3.63, 3.8) is 0 Å². The number of hydrogen-bond acceptors (Lipinski definition) is 7. The Balaban J connectivity index is 1.43. The van der Waals surface area contributed by atoms with Crippen molar-refractivity contribution in [2.24, 2.45) is 0 Å². The number of ether oxygens (including phenoxy) is 2. The van der Waals surface area contributed by atoms with Crippen LogP contribution in [0.4, 0.5) is 4.79 Å². The Morgan fingerprint density at radius 1 is 1.03 bits per heavy atom. The highest BCUT2D eigenvalue weighted by Crippen LogP contribution is 2.27. The molecule has 0 atom stereocenters. The maximum absolute atomic E-state index is 12.1. The smallest absolute Gasteiger partial charge is 0.407 e. The monoisotopic (exact) mass is 427 g/mol. The van der Waals surface area contributed by atoms with Gasteiger partial charge in [0.15, 0.2) is 14.9 Å². The predicted molar refractivity (Wildman–Crippen MR) is 105 cm³/mol. The van der Waals surface area contributed by atoms with Crippen LogP contribution in [0.3, 0.4) is 0 Å². The van der Waals surface area contributed by atoms with Gasteiger partial charge >= 0.3 is 6.09 Å². The molecule has 3 rings (SSSR count). The molecule has 29 heavy (non-hydrogen) atoms. The largest absolute Gasteiger partial charge is 0.473 e. The van der Waals surface area contributed by atoms with E-state index in [1.165, 1.54) is 17.3 Å². The van der Waals surface area contributed by atoms with Crippen LogP contribution in [0.2, 0.25) is 0 Å². The van der Waals surface area contributed by atoms with Gasteiger partial charge in [-0.1, -0.05) is 0 Å². The van der Waals surface area contributed by atoms with Gasteiger partial charge in [-0.3, -0.25) is 0 Å². The highest BCUT2D eigenvalue weighted by molar-refractivity contribution is 7.91. The zero-order chi connectivity index (χ0) is 21.0. The van der Waals surface area contributed by atoms with E-state index >= 15 is 0 Å². The quantitative estimate of drug-likeness (QED) is 0.735. The number of carbonyl (C=O) groups is 1. The topological polar surface area (TPSA) is 119 Å². The van der Waals surface area contributed by atoms with Crippen molar-refractivity contribution in [2.45, 2.75) is 81.0 Å². The lowest BCUT2D eigenvalue weighted by atomic mass is 9.94. The zero-order valence-corrected chi connectivity index (χ0v) is 17.7. The van der Waals surface area contributed by atoms with Gasteiger partial charge in [-0.15, -0.1) is 0 Å². The van der Waals surface area contributed by atoms with Crippen LogP contribution in [0, 0.1) is 0 Å². The van der Waals surface area contributed by atoms with E-state index < -0.39 is 21.2 Å². The van der Waals surface area contributed by atoms with Crippen LogP contribution < -0.4 is 4.74 Å². The van der Waals surface area contributed by atoms with Gasteiger partial charge in [0.2, 0.25) is 5.88 Å². The minimum Gasteiger partial charge on any atom is -0.473 e. The van der Waals surface area contributed by atoms with E-state index in [-0.39, 0.29) is 23.3 Å². The molecule has 0 radical (unpaired) electrons. The SMILES string of the molecule is CC(C)S(=O)(=O)c1cnc(OC2CCC(OC3CCN(C(=O)O)CC3)CC2)cn1. The molecule has 2 heterocycles. The van der Waals surface area contributed by atoms with Gasteiger partial charge in [0.1, 0.15) is 6.10 Å². The van der Waals surface area contributed by atoms with E-state index in [1.807, 2.05) is 0 Å². The number of carboxylic acid groups (broad SMARTS) is 1. The second-order valence-electron chi connectivity index (χ2n) is 7.91. The summed E-state index contributed by atoms with van der Waals surface area (Å²) in [6.45, 7) is 4.27.